The quantitative estimate of drug-likeness (QED) is 0.433. The highest BCUT2D eigenvalue weighted by Gasteiger charge is 2.56. The van der Waals surface area contributed by atoms with Crippen LogP contribution in [0.4, 0.5) is 0 Å². The molecule has 5 fully saturated rings. The molecular formula is C28H44O7. The molecule has 7 heteroatoms. The van der Waals surface area contributed by atoms with Crippen LogP contribution in [0.1, 0.15) is 73.1 Å². The van der Waals surface area contributed by atoms with Gasteiger partial charge in [0.25, 0.3) is 0 Å². The molecule has 5 saturated heterocycles. The molecule has 0 aromatic carbocycles. The summed E-state index contributed by atoms with van der Waals surface area (Å²) in [7, 11) is 0. The van der Waals surface area contributed by atoms with Crippen LogP contribution in [0.15, 0.2) is 24.8 Å². The van der Waals surface area contributed by atoms with Gasteiger partial charge in [0.05, 0.1) is 60.0 Å². The van der Waals surface area contributed by atoms with E-state index in [9.17, 15) is 10.2 Å². The van der Waals surface area contributed by atoms with Crippen LogP contribution in [0.25, 0.3) is 0 Å². The summed E-state index contributed by atoms with van der Waals surface area (Å²) in [6.45, 7) is 17.8. The lowest BCUT2D eigenvalue weighted by Crippen LogP contribution is -2.55. The smallest absolute Gasteiger partial charge is 0.110 e. The van der Waals surface area contributed by atoms with Gasteiger partial charge in [-0.1, -0.05) is 19.6 Å². The molecule has 0 bridgehead atoms. The maximum atomic E-state index is 11.3. The molecule has 0 saturated carbocycles. The summed E-state index contributed by atoms with van der Waals surface area (Å²) >= 11 is 0. The third-order valence-corrected chi connectivity index (χ3v) is 9.22. The third kappa shape index (κ3) is 5.02. The van der Waals surface area contributed by atoms with Crippen molar-refractivity contribution < 1.29 is 33.9 Å². The first-order valence-electron chi connectivity index (χ1n) is 13.4. The van der Waals surface area contributed by atoms with E-state index >= 15 is 0 Å². The maximum absolute atomic E-state index is 11.3. The Morgan fingerprint density at radius 1 is 0.943 bits per heavy atom. The molecule has 5 aliphatic rings. The zero-order valence-corrected chi connectivity index (χ0v) is 21.9. The lowest BCUT2D eigenvalue weighted by Gasteiger charge is -2.45. The summed E-state index contributed by atoms with van der Waals surface area (Å²) in [5, 5.41) is 22.6. The molecule has 2 N–H and O–H groups in total. The number of hydrogen-bond acceptors (Lipinski definition) is 7. The summed E-state index contributed by atoms with van der Waals surface area (Å²) in [5.74, 6) is 0.182. The second-order valence-electron chi connectivity index (χ2n) is 12.5. The molecule has 5 heterocycles. The lowest BCUT2D eigenvalue weighted by molar-refractivity contribution is -0.231. The van der Waals surface area contributed by atoms with Crippen molar-refractivity contribution in [3.05, 3.63) is 24.8 Å². The van der Waals surface area contributed by atoms with Crippen molar-refractivity contribution in [3.63, 3.8) is 0 Å². The Labute approximate surface area is 209 Å². The zero-order valence-electron chi connectivity index (χ0n) is 21.9. The van der Waals surface area contributed by atoms with E-state index < -0.39 is 11.2 Å². The molecule has 0 unspecified atom stereocenters. The minimum Gasteiger partial charge on any atom is -0.387 e. The van der Waals surface area contributed by atoms with Gasteiger partial charge in [-0.25, -0.2) is 0 Å². The van der Waals surface area contributed by atoms with Crippen LogP contribution in [0.3, 0.4) is 0 Å². The predicted octanol–water partition coefficient (Wildman–Crippen LogP) is 3.45. The average Bonchev–Trinajstić information content (AvgIpc) is 3.67. The first-order valence-corrected chi connectivity index (χ1v) is 13.4. The summed E-state index contributed by atoms with van der Waals surface area (Å²) in [6.07, 6.45) is 4.54. The van der Waals surface area contributed by atoms with E-state index in [4.69, 9.17) is 23.7 Å². The Morgan fingerprint density at radius 2 is 1.66 bits per heavy atom. The summed E-state index contributed by atoms with van der Waals surface area (Å²) in [6, 6.07) is 0. The average molecular weight is 493 g/mol. The highest BCUT2D eigenvalue weighted by atomic mass is 16.6. The van der Waals surface area contributed by atoms with Gasteiger partial charge in [0.15, 0.2) is 0 Å². The molecule has 0 aromatic rings. The van der Waals surface area contributed by atoms with Gasteiger partial charge in [-0.3, -0.25) is 0 Å². The molecule has 5 aliphatic heterocycles. The van der Waals surface area contributed by atoms with E-state index in [-0.39, 0.29) is 66.5 Å². The Kier molecular flexibility index (Phi) is 6.57. The number of fused-ring (bicyclic) bond motifs is 2. The van der Waals surface area contributed by atoms with Gasteiger partial charge in [0.1, 0.15) is 11.7 Å². The summed E-state index contributed by atoms with van der Waals surface area (Å²) in [5.41, 5.74) is -1.29. The Bertz CT molecular complexity index is 839. The fraction of sp³-hybridized carbons (Fsp3) is 0.857. The molecular weight excluding hydrogens is 448 g/mol. The fourth-order valence-electron chi connectivity index (χ4n) is 6.53. The number of aliphatic hydroxyl groups is 2. The molecule has 198 valence electrons. The molecule has 0 radical (unpaired) electrons. The van der Waals surface area contributed by atoms with Gasteiger partial charge in [0, 0.05) is 19.3 Å². The molecule has 0 aliphatic carbocycles. The van der Waals surface area contributed by atoms with Crippen molar-refractivity contribution in [1.82, 2.24) is 0 Å². The van der Waals surface area contributed by atoms with E-state index in [2.05, 4.69) is 20.1 Å². The van der Waals surface area contributed by atoms with E-state index in [1.54, 1.807) is 0 Å². The summed E-state index contributed by atoms with van der Waals surface area (Å²) < 4.78 is 31.5. The monoisotopic (exact) mass is 492 g/mol. The standard InChI is InChI=1S/C28H44O7/c1-8-28(7)23(35-28)13-22-26(5,29)10-9-17-25(34-22)16(4)11-18-20(31-17)14-27(6,30)21(32-18)12-19-24(33-19)15(2)3/h8,16-25,29-30H,1-2,9-14H2,3-7H3/t16-,17+,18+,19+,20-,21-,22+,23-,24+,25-,26-,27+,28-/m1/s1. The predicted molar refractivity (Wildman–Crippen MR) is 131 cm³/mol. The zero-order chi connectivity index (χ0) is 25.3. The van der Waals surface area contributed by atoms with E-state index in [0.29, 0.717) is 32.1 Å². The van der Waals surface area contributed by atoms with Crippen molar-refractivity contribution in [1.29, 1.82) is 0 Å². The normalized spacial score (nSPS) is 55.6. The minimum atomic E-state index is -1.01. The van der Waals surface area contributed by atoms with Crippen LogP contribution in [0.2, 0.25) is 0 Å². The van der Waals surface area contributed by atoms with Crippen LogP contribution in [0, 0.1) is 5.92 Å². The molecule has 0 spiro atoms. The highest BCUT2D eigenvalue weighted by Crippen LogP contribution is 2.47. The van der Waals surface area contributed by atoms with Crippen LogP contribution in [0.5, 0.6) is 0 Å². The number of epoxide rings is 2. The maximum Gasteiger partial charge on any atom is 0.110 e. The number of ether oxygens (including phenoxy) is 5. The molecule has 13 atom stereocenters. The highest BCUT2D eigenvalue weighted by molar-refractivity contribution is 5.13. The largest absolute Gasteiger partial charge is 0.387 e. The van der Waals surface area contributed by atoms with Crippen LogP contribution in [-0.4, -0.2) is 82.0 Å². The van der Waals surface area contributed by atoms with E-state index in [0.717, 1.165) is 12.0 Å². The second-order valence-corrected chi connectivity index (χ2v) is 12.5. The van der Waals surface area contributed by atoms with Crippen LogP contribution < -0.4 is 0 Å². The van der Waals surface area contributed by atoms with Gasteiger partial charge in [-0.2, -0.15) is 0 Å². The number of rotatable bonds is 6. The van der Waals surface area contributed by atoms with Crippen molar-refractivity contribution in [2.45, 2.75) is 145 Å². The second kappa shape index (κ2) is 8.90. The lowest BCUT2D eigenvalue weighted by atomic mass is 9.82. The van der Waals surface area contributed by atoms with E-state index in [1.807, 2.05) is 33.8 Å². The van der Waals surface area contributed by atoms with Gasteiger partial charge < -0.3 is 33.9 Å². The topological polar surface area (TPSA) is 93.2 Å². The summed E-state index contributed by atoms with van der Waals surface area (Å²) in [4.78, 5) is 0. The first-order chi connectivity index (χ1) is 16.3. The molecule has 0 aromatic heterocycles. The van der Waals surface area contributed by atoms with Crippen molar-refractivity contribution in [3.8, 4) is 0 Å². The molecule has 35 heavy (non-hydrogen) atoms. The van der Waals surface area contributed by atoms with Crippen LogP contribution >= 0.6 is 0 Å². The van der Waals surface area contributed by atoms with Gasteiger partial charge >= 0.3 is 0 Å². The van der Waals surface area contributed by atoms with Crippen molar-refractivity contribution >= 4 is 0 Å². The Morgan fingerprint density at radius 3 is 2.29 bits per heavy atom. The molecule has 7 nitrogen and oxygen atoms in total. The van der Waals surface area contributed by atoms with Gasteiger partial charge in [0.2, 0.25) is 0 Å². The Hall–Kier alpha value is -0.800. The third-order valence-electron chi connectivity index (χ3n) is 9.22. The SMILES string of the molecule is C=C[C@@]1(C)O[C@@H]1C[C@@H]1O[C@@H]2[C@H](C)C[C@@H]3O[C@H](C[C@@H]4O[C@H]4C(=C)C)[C@@](C)(O)C[C@H]3O[C@H]2CC[C@@]1(C)O. The van der Waals surface area contributed by atoms with Crippen molar-refractivity contribution in [2.24, 2.45) is 5.92 Å². The molecule has 0 amide bonds. The Balaban J connectivity index is 1.29. The van der Waals surface area contributed by atoms with E-state index in [1.165, 1.54) is 0 Å². The fourth-order valence-corrected chi connectivity index (χ4v) is 6.53. The first kappa shape index (κ1) is 25.8. The van der Waals surface area contributed by atoms with Crippen LogP contribution in [-0.2, 0) is 23.7 Å². The van der Waals surface area contributed by atoms with Crippen molar-refractivity contribution in [2.75, 3.05) is 0 Å². The van der Waals surface area contributed by atoms with Gasteiger partial charge in [-0.05, 0) is 58.4 Å². The minimum absolute atomic E-state index is 0.00414. The molecule has 5 rings (SSSR count). The number of hydrogen-bond donors (Lipinski definition) is 2. The van der Waals surface area contributed by atoms with Gasteiger partial charge in [-0.15, -0.1) is 6.58 Å².